The standard InChI is InChI=1S/C29H35N3O4/c1-18-10-12-21-23(31(18)28(35)36-4)14-15-24-26(21)30-25(16-19-8-6-5-7-9-19)32(24)20-11-13-22(27(33)34)29(2,3)17-20/h5-9,14-15,18,20,22H,10-13,16-17H2,1-4H3,(H,33,34)/t18-,20+,22+/m0/s1. The molecule has 1 aromatic heterocycles. The van der Waals surface area contributed by atoms with Crippen molar-refractivity contribution in [3.05, 3.63) is 59.4 Å². The summed E-state index contributed by atoms with van der Waals surface area (Å²) in [6.07, 6.45) is 4.27. The second-order valence-electron chi connectivity index (χ2n) is 11.0. The average molecular weight is 490 g/mol. The predicted octanol–water partition coefficient (Wildman–Crippen LogP) is 5.99. The maximum absolute atomic E-state index is 12.6. The lowest BCUT2D eigenvalue weighted by atomic mass is 9.67. The molecular formula is C29H35N3O4. The number of amides is 1. The highest BCUT2D eigenvalue weighted by atomic mass is 16.5. The Kier molecular flexibility index (Phi) is 6.27. The zero-order valence-electron chi connectivity index (χ0n) is 21.5. The molecule has 0 spiro atoms. The first-order valence-corrected chi connectivity index (χ1v) is 12.9. The van der Waals surface area contributed by atoms with Gasteiger partial charge in [-0.25, -0.2) is 9.78 Å². The number of imidazole rings is 1. The minimum atomic E-state index is -0.704. The van der Waals surface area contributed by atoms with Gasteiger partial charge in [0.2, 0.25) is 0 Å². The van der Waals surface area contributed by atoms with Crippen molar-refractivity contribution in [3.8, 4) is 0 Å². The Morgan fingerprint density at radius 2 is 1.86 bits per heavy atom. The van der Waals surface area contributed by atoms with Gasteiger partial charge in [-0.2, -0.15) is 0 Å². The predicted molar refractivity (Wildman–Crippen MR) is 139 cm³/mol. The summed E-state index contributed by atoms with van der Waals surface area (Å²) in [6, 6.07) is 14.7. The van der Waals surface area contributed by atoms with Crippen molar-refractivity contribution in [2.45, 2.75) is 71.4 Å². The lowest BCUT2D eigenvalue weighted by molar-refractivity contribution is -0.148. The molecule has 1 N–H and O–H groups in total. The smallest absolute Gasteiger partial charge is 0.414 e. The first kappa shape index (κ1) is 24.3. The molecule has 1 aliphatic carbocycles. The monoisotopic (exact) mass is 489 g/mol. The van der Waals surface area contributed by atoms with E-state index in [2.05, 4.69) is 36.6 Å². The van der Waals surface area contributed by atoms with Crippen molar-refractivity contribution in [1.29, 1.82) is 0 Å². The number of anilines is 1. The summed E-state index contributed by atoms with van der Waals surface area (Å²) in [5.74, 6) is -0.0593. The SMILES string of the molecule is COC(=O)N1c2ccc3c(nc(Cc4ccccc4)n3[C@@H]3CC[C@H](C(=O)O)C(C)(C)C3)c2CC[C@@H]1C. The summed E-state index contributed by atoms with van der Waals surface area (Å²) in [7, 11) is 1.42. The van der Waals surface area contributed by atoms with Crippen molar-refractivity contribution >= 4 is 28.8 Å². The number of carbonyl (C=O) groups excluding carboxylic acids is 1. The van der Waals surface area contributed by atoms with Crippen molar-refractivity contribution in [2.75, 3.05) is 12.0 Å². The molecule has 1 aliphatic heterocycles. The first-order valence-electron chi connectivity index (χ1n) is 12.9. The maximum Gasteiger partial charge on any atom is 0.414 e. The number of aryl methyl sites for hydroxylation is 1. The number of aromatic nitrogens is 2. The molecule has 2 aliphatic rings. The fourth-order valence-corrected chi connectivity index (χ4v) is 6.41. The molecule has 1 amide bonds. The topological polar surface area (TPSA) is 84.7 Å². The highest BCUT2D eigenvalue weighted by Crippen LogP contribution is 2.47. The summed E-state index contributed by atoms with van der Waals surface area (Å²) in [5.41, 5.74) is 4.83. The van der Waals surface area contributed by atoms with Gasteiger partial charge >= 0.3 is 12.1 Å². The van der Waals surface area contributed by atoms with Crippen molar-refractivity contribution in [1.82, 2.24) is 9.55 Å². The van der Waals surface area contributed by atoms with Crippen LogP contribution in [0.4, 0.5) is 10.5 Å². The van der Waals surface area contributed by atoms with Crippen LogP contribution in [0.15, 0.2) is 42.5 Å². The van der Waals surface area contributed by atoms with Crippen LogP contribution in [-0.2, 0) is 22.4 Å². The molecule has 1 saturated carbocycles. The highest BCUT2D eigenvalue weighted by molar-refractivity contribution is 5.95. The van der Waals surface area contributed by atoms with Gasteiger partial charge in [-0.15, -0.1) is 0 Å². The van der Waals surface area contributed by atoms with E-state index in [0.29, 0.717) is 12.8 Å². The van der Waals surface area contributed by atoms with Gasteiger partial charge in [0.1, 0.15) is 5.82 Å². The molecule has 1 fully saturated rings. The largest absolute Gasteiger partial charge is 0.481 e. The summed E-state index contributed by atoms with van der Waals surface area (Å²) in [6.45, 7) is 6.20. The molecule has 190 valence electrons. The van der Waals surface area contributed by atoms with Crippen LogP contribution in [0.25, 0.3) is 11.0 Å². The number of benzene rings is 2. The molecule has 7 nitrogen and oxygen atoms in total. The lowest BCUT2D eigenvalue weighted by Crippen LogP contribution is -2.42. The third kappa shape index (κ3) is 4.14. The lowest BCUT2D eigenvalue weighted by Gasteiger charge is -2.41. The summed E-state index contributed by atoms with van der Waals surface area (Å²) >= 11 is 0. The molecule has 36 heavy (non-hydrogen) atoms. The van der Waals surface area contributed by atoms with Crippen molar-refractivity contribution in [3.63, 3.8) is 0 Å². The first-order chi connectivity index (χ1) is 17.2. The third-order valence-electron chi connectivity index (χ3n) is 8.26. The molecule has 3 aromatic rings. The van der Waals surface area contributed by atoms with Crippen LogP contribution >= 0.6 is 0 Å². The molecule has 0 unspecified atom stereocenters. The summed E-state index contributed by atoms with van der Waals surface area (Å²) < 4.78 is 7.46. The number of aliphatic carboxylic acids is 1. The van der Waals surface area contributed by atoms with Gasteiger partial charge in [0, 0.05) is 24.1 Å². The number of methoxy groups -OCH3 is 1. The van der Waals surface area contributed by atoms with Crippen molar-refractivity contribution in [2.24, 2.45) is 11.3 Å². The normalized spacial score (nSPS) is 23.3. The number of carboxylic acids is 1. The van der Waals surface area contributed by atoms with E-state index in [4.69, 9.17) is 9.72 Å². The van der Waals surface area contributed by atoms with E-state index in [1.165, 1.54) is 12.7 Å². The molecular weight excluding hydrogens is 454 g/mol. The van der Waals surface area contributed by atoms with Gasteiger partial charge in [0.25, 0.3) is 0 Å². The molecule has 2 aromatic carbocycles. The molecule has 2 heterocycles. The minimum absolute atomic E-state index is 0.0559. The average Bonchev–Trinajstić information content (AvgIpc) is 3.21. The van der Waals surface area contributed by atoms with Gasteiger partial charge in [-0.1, -0.05) is 44.2 Å². The molecule has 0 bridgehead atoms. The van der Waals surface area contributed by atoms with E-state index in [1.807, 2.05) is 31.2 Å². The molecule has 0 radical (unpaired) electrons. The van der Waals surface area contributed by atoms with Gasteiger partial charge in [-0.05, 0) is 62.1 Å². The number of hydrogen-bond donors (Lipinski definition) is 1. The van der Waals surface area contributed by atoms with Crippen LogP contribution in [0.1, 0.15) is 69.4 Å². The van der Waals surface area contributed by atoms with Crippen LogP contribution in [0.2, 0.25) is 0 Å². The van der Waals surface area contributed by atoms with Crippen LogP contribution in [0.5, 0.6) is 0 Å². The maximum atomic E-state index is 12.6. The Morgan fingerprint density at radius 1 is 1.11 bits per heavy atom. The zero-order valence-corrected chi connectivity index (χ0v) is 21.5. The van der Waals surface area contributed by atoms with Crippen LogP contribution < -0.4 is 4.90 Å². The van der Waals surface area contributed by atoms with Crippen LogP contribution in [0, 0.1) is 11.3 Å². The van der Waals surface area contributed by atoms with Crippen LogP contribution in [0.3, 0.4) is 0 Å². The Hall–Kier alpha value is -3.35. The Morgan fingerprint density at radius 3 is 2.53 bits per heavy atom. The quantitative estimate of drug-likeness (QED) is 0.487. The zero-order chi connectivity index (χ0) is 25.6. The highest BCUT2D eigenvalue weighted by Gasteiger charge is 2.42. The molecule has 5 rings (SSSR count). The number of fused-ring (bicyclic) bond motifs is 3. The molecule has 7 heteroatoms. The van der Waals surface area contributed by atoms with Gasteiger partial charge in [-0.3, -0.25) is 9.69 Å². The Bertz CT molecular complexity index is 1300. The number of rotatable bonds is 4. The number of nitrogens with zero attached hydrogens (tertiary/aromatic N) is 3. The summed E-state index contributed by atoms with van der Waals surface area (Å²) in [4.78, 5) is 31.5. The van der Waals surface area contributed by atoms with Gasteiger partial charge < -0.3 is 14.4 Å². The number of carbonyl (C=O) groups is 2. The summed E-state index contributed by atoms with van der Waals surface area (Å²) in [5, 5.41) is 9.79. The van der Waals surface area contributed by atoms with E-state index in [-0.39, 0.29) is 29.5 Å². The second-order valence-corrected chi connectivity index (χ2v) is 11.0. The van der Waals surface area contributed by atoms with E-state index >= 15 is 0 Å². The van der Waals surface area contributed by atoms with Gasteiger partial charge in [0.15, 0.2) is 0 Å². The fourth-order valence-electron chi connectivity index (χ4n) is 6.41. The van der Waals surface area contributed by atoms with Gasteiger partial charge in [0.05, 0.1) is 29.7 Å². The van der Waals surface area contributed by atoms with E-state index < -0.39 is 5.97 Å². The second kappa shape index (κ2) is 9.26. The molecule has 3 atom stereocenters. The van der Waals surface area contributed by atoms with E-state index in [1.54, 1.807) is 4.90 Å². The van der Waals surface area contributed by atoms with E-state index in [0.717, 1.165) is 53.8 Å². The number of ether oxygens (including phenoxy) is 1. The third-order valence-corrected chi connectivity index (χ3v) is 8.26. The van der Waals surface area contributed by atoms with Crippen molar-refractivity contribution < 1.29 is 19.4 Å². The number of carboxylic acid groups (broad SMARTS) is 1. The molecule has 0 saturated heterocycles. The van der Waals surface area contributed by atoms with Crippen LogP contribution in [-0.4, -0.2) is 39.9 Å². The number of hydrogen-bond acceptors (Lipinski definition) is 4. The van der Waals surface area contributed by atoms with E-state index in [9.17, 15) is 14.7 Å². The minimum Gasteiger partial charge on any atom is -0.481 e. The Balaban J connectivity index is 1.64. The Labute approximate surface area is 212 Å². The fraction of sp³-hybridized carbons (Fsp3) is 0.483.